The molecular weight excluding hydrogens is 168 g/mol. The minimum atomic E-state index is -0.857. The molecule has 1 aliphatic heterocycles. The maximum Gasteiger partial charge on any atom is 0.337 e. The van der Waals surface area contributed by atoms with Crippen LogP contribution in [0.25, 0.3) is 0 Å². The van der Waals surface area contributed by atoms with E-state index >= 15 is 0 Å². The van der Waals surface area contributed by atoms with Crippen molar-refractivity contribution in [2.75, 3.05) is 13.1 Å². The predicted molar refractivity (Wildman–Crippen MR) is 47.9 cm³/mol. The molecule has 1 aromatic heterocycles. The van der Waals surface area contributed by atoms with E-state index in [1.165, 1.54) is 0 Å². The standard InChI is InChI=1S/C9H12N2O2/c12-9(13)7-2-4-11(6-7)8-1-3-10-5-8/h2,4,6,8,10H,1,3,5H2,(H,12,13). The second kappa shape index (κ2) is 3.22. The highest BCUT2D eigenvalue weighted by Gasteiger charge is 2.16. The summed E-state index contributed by atoms with van der Waals surface area (Å²) in [5.74, 6) is -0.857. The van der Waals surface area contributed by atoms with Crippen molar-refractivity contribution < 1.29 is 9.90 Å². The van der Waals surface area contributed by atoms with E-state index in [1.807, 2.05) is 10.8 Å². The van der Waals surface area contributed by atoms with E-state index < -0.39 is 5.97 Å². The highest BCUT2D eigenvalue weighted by Crippen LogP contribution is 2.16. The highest BCUT2D eigenvalue weighted by atomic mass is 16.4. The molecule has 0 bridgehead atoms. The van der Waals surface area contributed by atoms with Crippen LogP contribution < -0.4 is 5.32 Å². The average molecular weight is 180 g/mol. The first kappa shape index (κ1) is 8.31. The Labute approximate surface area is 76.2 Å². The van der Waals surface area contributed by atoms with Gasteiger partial charge in [-0.15, -0.1) is 0 Å². The van der Waals surface area contributed by atoms with Gasteiger partial charge in [0.1, 0.15) is 0 Å². The van der Waals surface area contributed by atoms with Crippen LogP contribution in [0.1, 0.15) is 22.8 Å². The molecule has 2 N–H and O–H groups in total. The zero-order valence-corrected chi connectivity index (χ0v) is 7.23. The first-order valence-electron chi connectivity index (χ1n) is 4.39. The van der Waals surface area contributed by atoms with Crippen molar-refractivity contribution >= 4 is 5.97 Å². The van der Waals surface area contributed by atoms with Crippen LogP contribution >= 0.6 is 0 Å². The fourth-order valence-electron chi connectivity index (χ4n) is 1.66. The smallest absolute Gasteiger partial charge is 0.337 e. The number of hydrogen-bond acceptors (Lipinski definition) is 2. The van der Waals surface area contributed by atoms with Gasteiger partial charge in [-0.1, -0.05) is 0 Å². The van der Waals surface area contributed by atoms with Crippen LogP contribution in [0.5, 0.6) is 0 Å². The van der Waals surface area contributed by atoms with Crippen LogP contribution in [0.2, 0.25) is 0 Å². The second-order valence-corrected chi connectivity index (χ2v) is 3.30. The normalized spacial score (nSPS) is 22.0. The highest BCUT2D eigenvalue weighted by molar-refractivity contribution is 5.87. The van der Waals surface area contributed by atoms with Gasteiger partial charge in [0.25, 0.3) is 0 Å². The van der Waals surface area contributed by atoms with Gasteiger partial charge in [0, 0.05) is 25.0 Å². The lowest BCUT2D eigenvalue weighted by molar-refractivity contribution is 0.0697. The van der Waals surface area contributed by atoms with Crippen molar-refractivity contribution in [3.63, 3.8) is 0 Å². The molecular formula is C9H12N2O2. The van der Waals surface area contributed by atoms with Crippen LogP contribution in [0.4, 0.5) is 0 Å². The first-order valence-corrected chi connectivity index (χ1v) is 4.39. The van der Waals surface area contributed by atoms with E-state index in [2.05, 4.69) is 5.32 Å². The molecule has 4 nitrogen and oxygen atoms in total. The van der Waals surface area contributed by atoms with Gasteiger partial charge in [-0.05, 0) is 19.0 Å². The Bertz CT molecular complexity index is 313. The maximum atomic E-state index is 10.6. The Hall–Kier alpha value is -1.29. The molecule has 4 heteroatoms. The van der Waals surface area contributed by atoms with Gasteiger partial charge in [0.05, 0.1) is 5.56 Å². The first-order chi connectivity index (χ1) is 6.27. The summed E-state index contributed by atoms with van der Waals surface area (Å²) in [6.45, 7) is 1.96. The van der Waals surface area contributed by atoms with Crippen molar-refractivity contribution in [2.24, 2.45) is 0 Å². The lowest BCUT2D eigenvalue weighted by Crippen LogP contribution is -2.11. The molecule has 0 aromatic carbocycles. The van der Waals surface area contributed by atoms with E-state index in [1.54, 1.807) is 12.3 Å². The Morgan fingerprint density at radius 1 is 1.69 bits per heavy atom. The minimum Gasteiger partial charge on any atom is -0.478 e. The Kier molecular flexibility index (Phi) is 2.06. The van der Waals surface area contributed by atoms with Gasteiger partial charge in [-0.2, -0.15) is 0 Å². The van der Waals surface area contributed by atoms with Crippen LogP contribution in [-0.4, -0.2) is 28.7 Å². The molecule has 1 aromatic rings. The fraction of sp³-hybridized carbons (Fsp3) is 0.444. The SMILES string of the molecule is O=C(O)c1ccn(C2CCNC2)c1. The van der Waals surface area contributed by atoms with Crippen molar-refractivity contribution in [3.05, 3.63) is 24.0 Å². The molecule has 70 valence electrons. The zero-order valence-electron chi connectivity index (χ0n) is 7.23. The van der Waals surface area contributed by atoms with E-state index in [9.17, 15) is 4.79 Å². The van der Waals surface area contributed by atoms with E-state index in [0.717, 1.165) is 19.5 Å². The van der Waals surface area contributed by atoms with Gasteiger partial charge in [0.15, 0.2) is 0 Å². The lowest BCUT2D eigenvalue weighted by Gasteiger charge is -2.09. The average Bonchev–Trinajstić information content (AvgIpc) is 2.75. The number of carbonyl (C=O) groups is 1. The van der Waals surface area contributed by atoms with Crippen LogP contribution in [0.3, 0.4) is 0 Å². The molecule has 1 aliphatic rings. The molecule has 0 saturated carbocycles. The monoisotopic (exact) mass is 180 g/mol. The van der Waals surface area contributed by atoms with Gasteiger partial charge in [-0.25, -0.2) is 4.79 Å². The summed E-state index contributed by atoms with van der Waals surface area (Å²) >= 11 is 0. The molecule has 0 aliphatic carbocycles. The van der Waals surface area contributed by atoms with Crippen molar-refractivity contribution in [2.45, 2.75) is 12.5 Å². The van der Waals surface area contributed by atoms with Gasteiger partial charge < -0.3 is 15.0 Å². The number of carboxylic acid groups (broad SMARTS) is 1. The Balaban J connectivity index is 2.16. The third-order valence-electron chi connectivity index (χ3n) is 2.42. The Morgan fingerprint density at radius 2 is 2.54 bits per heavy atom. The van der Waals surface area contributed by atoms with E-state index in [0.29, 0.717) is 11.6 Å². The van der Waals surface area contributed by atoms with Gasteiger partial charge >= 0.3 is 5.97 Å². The van der Waals surface area contributed by atoms with Crippen LogP contribution in [0, 0.1) is 0 Å². The molecule has 1 atom stereocenters. The maximum absolute atomic E-state index is 10.6. The molecule has 0 spiro atoms. The summed E-state index contributed by atoms with van der Waals surface area (Å²) in [5.41, 5.74) is 0.368. The zero-order chi connectivity index (χ0) is 9.26. The van der Waals surface area contributed by atoms with Gasteiger partial charge in [0.2, 0.25) is 0 Å². The van der Waals surface area contributed by atoms with E-state index in [-0.39, 0.29) is 0 Å². The van der Waals surface area contributed by atoms with E-state index in [4.69, 9.17) is 5.11 Å². The lowest BCUT2D eigenvalue weighted by atomic mass is 10.2. The molecule has 1 saturated heterocycles. The summed E-state index contributed by atoms with van der Waals surface area (Å²) in [6.07, 6.45) is 4.61. The fourth-order valence-corrected chi connectivity index (χ4v) is 1.66. The molecule has 1 unspecified atom stereocenters. The number of nitrogens with zero attached hydrogens (tertiary/aromatic N) is 1. The molecule has 0 amide bonds. The Morgan fingerprint density at radius 3 is 3.08 bits per heavy atom. The number of hydrogen-bond donors (Lipinski definition) is 2. The molecule has 1 fully saturated rings. The third kappa shape index (κ3) is 1.58. The molecule has 0 radical (unpaired) electrons. The van der Waals surface area contributed by atoms with Crippen LogP contribution in [-0.2, 0) is 0 Å². The van der Waals surface area contributed by atoms with Gasteiger partial charge in [-0.3, -0.25) is 0 Å². The summed E-state index contributed by atoms with van der Waals surface area (Å²) < 4.78 is 1.98. The number of rotatable bonds is 2. The minimum absolute atomic E-state index is 0.368. The number of nitrogens with one attached hydrogen (secondary N) is 1. The summed E-state index contributed by atoms with van der Waals surface area (Å²) in [4.78, 5) is 10.6. The molecule has 2 rings (SSSR count). The summed E-state index contributed by atoms with van der Waals surface area (Å²) in [7, 11) is 0. The van der Waals surface area contributed by atoms with Crippen LogP contribution in [0.15, 0.2) is 18.5 Å². The van der Waals surface area contributed by atoms with Crippen molar-refractivity contribution in [1.29, 1.82) is 0 Å². The predicted octanol–water partition coefficient (Wildman–Crippen LogP) is 0.721. The second-order valence-electron chi connectivity index (χ2n) is 3.30. The number of carboxylic acids is 1. The quantitative estimate of drug-likeness (QED) is 0.705. The largest absolute Gasteiger partial charge is 0.478 e. The molecule has 2 heterocycles. The number of aromatic nitrogens is 1. The number of aromatic carboxylic acids is 1. The topological polar surface area (TPSA) is 54.3 Å². The summed E-state index contributed by atoms with van der Waals surface area (Å²) in [5, 5.41) is 12.0. The van der Waals surface area contributed by atoms with Crippen molar-refractivity contribution in [1.82, 2.24) is 9.88 Å². The summed E-state index contributed by atoms with van der Waals surface area (Å²) in [6, 6.07) is 2.06. The van der Waals surface area contributed by atoms with Crippen molar-refractivity contribution in [3.8, 4) is 0 Å². The third-order valence-corrected chi connectivity index (χ3v) is 2.42. The molecule has 13 heavy (non-hydrogen) atoms.